The van der Waals surface area contributed by atoms with E-state index in [9.17, 15) is 9.18 Å². The molecule has 2 aromatic carbocycles. The van der Waals surface area contributed by atoms with Gasteiger partial charge in [-0.1, -0.05) is 23.9 Å². The van der Waals surface area contributed by atoms with E-state index in [0.717, 1.165) is 22.2 Å². The summed E-state index contributed by atoms with van der Waals surface area (Å²) in [6.45, 7) is 3.84. The van der Waals surface area contributed by atoms with Crippen molar-refractivity contribution in [3.63, 3.8) is 0 Å². The van der Waals surface area contributed by atoms with Crippen molar-refractivity contribution in [2.45, 2.75) is 19.0 Å². The van der Waals surface area contributed by atoms with Crippen LogP contribution in [-0.2, 0) is 4.79 Å². The van der Waals surface area contributed by atoms with Crippen LogP contribution in [0.1, 0.15) is 11.1 Å². The van der Waals surface area contributed by atoms with Gasteiger partial charge >= 0.3 is 0 Å². The van der Waals surface area contributed by atoms with Crippen molar-refractivity contribution in [1.29, 1.82) is 0 Å². The van der Waals surface area contributed by atoms with E-state index in [0.29, 0.717) is 10.8 Å². The van der Waals surface area contributed by atoms with Crippen LogP contribution in [0.2, 0.25) is 0 Å². The third-order valence-electron chi connectivity index (χ3n) is 3.43. The summed E-state index contributed by atoms with van der Waals surface area (Å²) in [5.74, 6) is -0.360. The summed E-state index contributed by atoms with van der Waals surface area (Å²) in [7, 11) is 0. The van der Waals surface area contributed by atoms with Crippen molar-refractivity contribution in [2.24, 2.45) is 0 Å². The first kappa shape index (κ1) is 15.6. The Morgan fingerprint density at radius 3 is 2.91 bits per heavy atom. The number of hydrogen-bond acceptors (Lipinski definition) is 3. The molecule has 0 radical (unpaired) electrons. The lowest BCUT2D eigenvalue weighted by Crippen LogP contribution is -2.15. The number of nitrogens with one attached hydrogen (secondary N) is 2. The summed E-state index contributed by atoms with van der Waals surface area (Å²) in [5.41, 5.74) is 4.30. The van der Waals surface area contributed by atoms with Gasteiger partial charge in [0.15, 0.2) is 5.16 Å². The number of rotatable bonds is 4. The second-order valence-electron chi connectivity index (χ2n) is 5.36. The number of nitrogens with zero attached hydrogens (tertiary/aromatic N) is 1. The zero-order valence-electron chi connectivity index (χ0n) is 12.8. The Hall–Kier alpha value is -2.34. The van der Waals surface area contributed by atoms with Crippen molar-refractivity contribution in [1.82, 2.24) is 9.97 Å². The van der Waals surface area contributed by atoms with Gasteiger partial charge in [-0.15, -0.1) is 0 Å². The van der Waals surface area contributed by atoms with E-state index in [1.165, 1.54) is 23.9 Å². The molecule has 1 aromatic heterocycles. The Kier molecular flexibility index (Phi) is 4.34. The van der Waals surface area contributed by atoms with E-state index >= 15 is 0 Å². The molecule has 0 bridgehead atoms. The maximum Gasteiger partial charge on any atom is 0.234 e. The number of amides is 1. The Morgan fingerprint density at radius 1 is 1.26 bits per heavy atom. The van der Waals surface area contributed by atoms with Gasteiger partial charge in [-0.05, 0) is 49.2 Å². The van der Waals surface area contributed by atoms with Gasteiger partial charge in [-0.2, -0.15) is 0 Å². The average Bonchev–Trinajstić information content (AvgIpc) is 2.91. The molecule has 6 heteroatoms. The van der Waals surface area contributed by atoms with Crippen LogP contribution in [0.25, 0.3) is 11.0 Å². The van der Waals surface area contributed by atoms with Gasteiger partial charge in [0.2, 0.25) is 5.91 Å². The number of carbonyl (C=O) groups is 1. The van der Waals surface area contributed by atoms with E-state index in [-0.39, 0.29) is 17.5 Å². The second kappa shape index (κ2) is 6.42. The zero-order chi connectivity index (χ0) is 16.4. The maximum atomic E-state index is 13.2. The van der Waals surface area contributed by atoms with E-state index in [4.69, 9.17) is 0 Å². The summed E-state index contributed by atoms with van der Waals surface area (Å²) in [6.07, 6.45) is 0. The first-order chi connectivity index (χ1) is 11.0. The van der Waals surface area contributed by atoms with Crippen molar-refractivity contribution in [3.05, 3.63) is 53.3 Å². The van der Waals surface area contributed by atoms with Crippen LogP contribution in [0, 0.1) is 19.7 Å². The van der Waals surface area contributed by atoms with Gasteiger partial charge < -0.3 is 10.3 Å². The maximum absolute atomic E-state index is 13.2. The molecule has 0 aliphatic rings. The number of aromatic amines is 1. The largest absolute Gasteiger partial charge is 0.333 e. The fourth-order valence-electron chi connectivity index (χ4n) is 2.22. The molecule has 1 amide bonds. The summed E-state index contributed by atoms with van der Waals surface area (Å²) >= 11 is 1.32. The first-order valence-electron chi connectivity index (χ1n) is 7.16. The smallest absolute Gasteiger partial charge is 0.234 e. The monoisotopic (exact) mass is 329 g/mol. The average molecular weight is 329 g/mol. The lowest BCUT2D eigenvalue weighted by molar-refractivity contribution is -0.113. The highest BCUT2D eigenvalue weighted by Gasteiger charge is 2.09. The highest BCUT2D eigenvalue weighted by atomic mass is 32.2. The zero-order valence-corrected chi connectivity index (χ0v) is 13.6. The van der Waals surface area contributed by atoms with Crippen LogP contribution < -0.4 is 5.32 Å². The lowest BCUT2D eigenvalue weighted by atomic mass is 10.2. The standard InChI is InChI=1S/C17H16FN3OS/c1-10-3-6-13-15(7-10)21-17(20-13)23-9-16(22)19-14-8-12(18)5-4-11(14)2/h3-8H,9H2,1-2H3,(H,19,22)(H,20,21). The quantitative estimate of drug-likeness (QED) is 0.710. The molecule has 0 atom stereocenters. The summed E-state index contributed by atoms with van der Waals surface area (Å²) in [4.78, 5) is 19.6. The molecule has 3 aromatic rings. The van der Waals surface area contributed by atoms with Crippen molar-refractivity contribution < 1.29 is 9.18 Å². The Bertz CT molecular complexity index is 875. The Balaban J connectivity index is 1.64. The minimum absolute atomic E-state index is 0.194. The van der Waals surface area contributed by atoms with E-state index in [1.54, 1.807) is 6.07 Å². The molecule has 0 aliphatic carbocycles. The van der Waals surface area contributed by atoms with Gasteiger partial charge in [0.1, 0.15) is 5.82 Å². The molecule has 0 saturated heterocycles. The number of halogens is 1. The molecule has 0 spiro atoms. The lowest BCUT2D eigenvalue weighted by Gasteiger charge is -2.07. The number of aryl methyl sites for hydroxylation is 2. The molecule has 0 aliphatic heterocycles. The molecular formula is C17H16FN3OS. The summed E-state index contributed by atoms with van der Waals surface area (Å²) < 4.78 is 13.2. The number of thioether (sulfide) groups is 1. The van der Waals surface area contributed by atoms with Crippen molar-refractivity contribution in [3.8, 4) is 0 Å². The molecule has 0 fully saturated rings. The van der Waals surface area contributed by atoms with Crippen LogP contribution in [0.5, 0.6) is 0 Å². The van der Waals surface area contributed by atoms with Gasteiger partial charge in [0.05, 0.1) is 16.8 Å². The normalized spacial score (nSPS) is 10.9. The van der Waals surface area contributed by atoms with Crippen LogP contribution in [-0.4, -0.2) is 21.6 Å². The third kappa shape index (κ3) is 3.71. The SMILES string of the molecule is Cc1ccc2nc(SCC(=O)Nc3cc(F)ccc3C)[nH]c2c1. The molecule has 0 unspecified atom stereocenters. The van der Waals surface area contributed by atoms with E-state index in [2.05, 4.69) is 15.3 Å². The Labute approximate surface area is 137 Å². The molecule has 4 nitrogen and oxygen atoms in total. The predicted molar refractivity (Wildman–Crippen MR) is 91.3 cm³/mol. The van der Waals surface area contributed by atoms with Gasteiger partial charge in [-0.25, -0.2) is 9.37 Å². The molecule has 118 valence electrons. The highest BCUT2D eigenvalue weighted by molar-refractivity contribution is 7.99. The third-order valence-corrected chi connectivity index (χ3v) is 4.30. The number of hydrogen-bond donors (Lipinski definition) is 2. The molecule has 1 heterocycles. The molecule has 0 saturated carbocycles. The topological polar surface area (TPSA) is 57.8 Å². The van der Waals surface area contributed by atoms with Crippen LogP contribution >= 0.6 is 11.8 Å². The molecule has 2 N–H and O–H groups in total. The minimum Gasteiger partial charge on any atom is -0.333 e. The predicted octanol–water partition coefficient (Wildman–Crippen LogP) is 4.05. The van der Waals surface area contributed by atoms with Crippen LogP contribution in [0.3, 0.4) is 0 Å². The minimum atomic E-state index is -0.369. The fourth-order valence-corrected chi connectivity index (χ4v) is 2.90. The molecule has 23 heavy (non-hydrogen) atoms. The number of aromatic nitrogens is 2. The fraction of sp³-hybridized carbons (Fsp3) is 0.176. The second-order valence-corrected chi connectivity index (χ2v) is 6.32. The number of anilines is 1. The first-order valence-corrected chi connectivity index (χ1v) is 8.15. The number of fused-ring (bicyclic) bond motifs is 1. The molecular weight excluding hydrogens is 313 g/mol. The van der Waals surface area contributed by atoms with Gasteiger partial charge in [0.25, 0.3) is 0 Å². The Morgan fingerprint density at radius 2 is 2.09 bits per heavy atom. The van der Waals surface area contributed by atoms with Gasteiger partial charge in [0, 0.05) is 5.69 Å². The van der Waals surface area contributed by atoms with Gasteiger partial charge in [-0.3, -0.25) is 4.79 Å². The number of carbonyl (C=O) groups excluding carboxylic acids is 1. The van der Waals surface area contributed by atoms with Crippen LogP contribution in [0.15, 0.2) is 41.6 Å². The van der Waals surface area contributed by atoms with E-state index < -0.39 is 0 Å². The van der Waals surface area contributed by atoms with Crippen LogP contribution in [0.4, 0.5) is 10.1 Å². The molecule has 3 rings (SSSR count). The number of imidazole rings is 1. The summed E-state index contributed by atoms with van der Waals surface area (Å²) in [6, 6.07) is 10.3. The number of benzene rings is 2. The summed E-state index contributed by atoms with van der Waals surface area (Å²) in [5, 5.41) is 3.41. The highest BCUT2D eigenvalue weighted by Crippen LogP contribution is 2.21. The number of H-pyrrole nitrogens is 1. The van der Waals surface area contributed by atoms with Crippen molar-refractivity contribution in [2.75, 3.05) is 11.1 Å². The van der Waals surface area contributed by atoms with E-state index in [1.807, 2.05) is 32.0 Å². The van der Waals surface area contributed by atoms with Crippen molar-refractivity contribution >= 4 is 34.4 Å².